The Labute approximate surface area is 195 Å². The van der Waals surface area contributed by atoms with Crippen LogP contribution in [0.15, 0.2) is 54.9 Å². The Morgan fingerprint density at radius 3 is 2.76 bits per heavy atom. The molecule has 2 N–H and O–H groups in total. The van der Waals surface area contributed by atoms with Crippen LogP contribution in [0.5, 0.6) is 5.75 Å². The minimum Gasteiger partial charge on any atom is -0.491 e. The highest BCUT2D eigenvalue weighted by Crippen LogP contribution is 2.35. The maximum atomic E-state index is 12.1. The zero-order chi connectivity index (χ0) is 22.6. The number of unbranched alkanes of at least 4 members (excludes halogenated alkanes) is 1. The number of carbonyl (C=O) groups is 1. The monoisotopic (exact) mass is 447 g/mol. The molecule has 1 aromatic carbocycles. The van der Waals surface area contributed by atoms with Gasteiger partial charge >= 0.3 is 6.03 Å². The average Bonchev–Trinajstić information content (AvgIpc) is 3.27. The van der Waals surface area contributed by atoms with Crippen LogP contribution in [0.2, 0.25) is 0 Å². The van der Waals surface area contributed by atoms with Crippen LogP contribution in [0.3, 0.4) is 0 Å². The number of benzene rings is 1. The maximum Gasteiger partial charge on any atom is 0.319 e. The summed E-state index contributed by atoms with van der Waals surface area (Å²) in [6, 6.07) is 14.2. The Bertz CT molecular complexity index is 1070. The summed E-state index contributed by atoms with van der Waals surface area (Å²) in [6.45, 7) is 6.64. The number of nitrogens with two attached hydrogens (primary N) is 1. The first-order valence-electron chi connectivity index (χ1n) is 12.0. The van der Waals surface area contributed by atoms with Gasteiger partial charge in [0, 0.05) is 50.6 Å². The topological polar surface area (TPSA) is 66.5 Å². The number of para-hydroxylation sites is 1. The molecule has 33 heavy (non-hydrogen) atoms. The van der Waals surface area contributed by atoms with Crippen molar-refractivity contribution in [3.8, 4) is 5.75 Å². The largest absolute Gasteiger partial charge is 0.491 e. The zero-order valence-electron chi connectivity index (χ0n) is 19.2. The number of primary amides is 1. The standard InChI is InChI=1S/C26H33N5O2/c27-26(32)31(23-19-22-9-1-2-12-30(22)20-23)13-4-3-11-28-14-16-29(17-15-28)24-10-5-7-21-8-6-18-33-25(21)24/h1-2,5,7,9-10,12,19-20H,3-4,6,8,11,13-18H2,(H2,27,32). The van der Waals surface area contributed by atoms with Gasteiger partial charge in [0.05, 0.1) is 18.0 Å². The molecule has 0 atom stereocenters. The molecule has 0 unspecified atom stereocenters. The van der Waals surface area contributed by atoms with Gasteiger partial charge in [0.25, 0.3) is 0 Å². The third-order valence-corrected chi connectivity index (χ3v) is 6.80. The van der Waals surface area contributed by atoms with E-state index >= 15 is 0 Å². The Kier molecular flexibility index (Phi) is 6.39. The summed E-state index contributed by atoms with van der Waals surface area (Å²) in [7, 11) is 0. The second-order valence-corrected chi connectivity index (χ2v) is 8.97. The fourth-order valence-electron chi connectivity index (χ4n) is 4.99. The summed E-state index contributed by atoms with van der Waals surface area (Å²) in [4.78, 5) is 18.7. The van der Waals surface area contributed by atoms with Crippen molar-refractivity contribution in [2.45, 2.75) is 25.7 Å². The number of hydrogen-bond acceptors (Lipinski definition) is 4. The summed E-state index contributed by atoms with van der Waals surface area (Å²) < 4.78 is 8.03. The predicted octanol–water partition coefficient (Wildman–Crippen LogP) is 3.75. The fourth-order valence-corrected chi connectivity index (χ4v) is 4.99. The highest BCUT2D eigenvalue weighted by atomic mass is 16.5. The van der Waals surface area contributed by atoms with E-state index in [0.717, 1.165) is 82.0 Å². The van der Waals surface area contributed by atoms with Crippen LogP contribution in [0, 0.1) is 0 Å². The fraction of sp³-hybridized carbons (Fsp3) is 0.423. The summed E-state index contributed by atoms with van der Waals surface area (Å²) >= 11 is 0. The van der Waals surface area contributed by atoms with Crippen molar-refractivity contribution in [2.24, 2.45) is 5.73 Å². The number of aromatic nitrogens is 1. The molecule has 2 aromatic heterocycles. The summed E-state index contributed by atoms with van der Waals surface area (Å²) in [5.41, 5.74) is 10.2. The Morgan fingerprint density at radius 1 is 1.06 bits per heavy atom. The van der Waals surface area contributed by atoms with Crippen molar-refractivity contribution < 1.29 is 9.53 Å². The molecule has 0 bridgehead atoms. The molecule has 174 valence electrons. The Balaban J connectivity index is 1.10. The van der Waals surface area contributed by atoms with Crippen LogP contribution < -0.4 is 20.3 Å². The maximum absolute atomic E-state index is 12.1. The van der Waals surface area contributed by atoms with Gasteiger partial charge in [-0.05, 0) is 62.1 Å². The number of hydrogen-bond donors (Lipinski definition) is 1. The van der Waals surface area contributed by atoms with Gasteiger partial charge in [-0.3, -0.25) is 9.80 Å². The van der Waals surface area contributed by atoms with E-state index in [1.54, 1.807) is 4.90 Å². The molecule has 1 saturated heterocycles. The normalized spacial score (nSPS) is 16.4. The van der Waals surface area contributed by atoms with E-state index in [9.17, 15) is 4.79 Å². The minimum atomic E-state index is -0.395. The van der Waals surface area contributed by atoms with Crippen molar-refractivity contribution in [3.05, 3.63) is 60.4 Å². The SMILES string of the molecule is NC(=O)N(CCCCN1CCN(c2cccc3c2OCCC3)CC1)c1cc2ccccn2c1. The van der Waals surface area contributed by atoms with Gasteiger partial charge in [0.2, 0.25) is 0 Å². The van der Waals surface area contributed by atoms with Gasteiger partial charge in [-0.25, -0.2) is 4.79 Å². The predicted molar refractivity (Wildman–Crippen MR) is 132 cm³/mol. The van der Waals surface area contributed by atoms with Crippen molar-refractivity contribution in [1.29, 1.82) is 0 Å². The van der Waals surface area contributed by atoms with E-state index < -0.39 is 6.03 Å². The lowest BCUT2D eigenvalue weighted by atomic mass is 10.0. The first-order valence-corrected chi connectivity index (χ1v) is 12.0. The number of urea groups is 1. The van der Waals surface area contributed by atoms with Crippen LogP contribution in [0.25, 0.3) is 5.52 Å². The Hall–Kier alpha value is -3.19. The van der Waals surface area contributed by atoms with Gasteiger partial charge in [-0.2, -0.15) is 0 Å². The number of anilines is 2. The third-order valence-electron chi connectivity index (χ3n) is 6.80. The number of piperazine rings is 1. The van der Waals surface area contributed by atoms with E-state index in [-0.39, 0.29) is 0 Å². The molecule has 4 heterocycles. The minimum absolute atomic E-state index is 0.395. The molecular formula is C26H33N5O2. The van der Waals surface area contributed by atoms with Crippen molar-refractivity contribution >= 4 is 22.9 Å². The number of fused-ring (bicyclic) bond motifs is 2. The molecule has 5 rings (SSSR count). The summed E-state index contributed by atoms with van der Waals surface area (Å²) in [6.07, 6.45) is 8.14. The highest BCUT2D eigenvalue weighted by molar-refractivity contribution is 5.91. The van der Waals surface area contributed by atoms with Crippen LogP contribution in [-0.2, 0) is 6.42 Å². The molecule has 0 aliphatic carbocycles. The lowest BCUT2D eigenvalue weighted by Crippen LogP contribution is -2.47. The average molecular weight is 448 g/mol. The van der Waals surface area contributed by atoms with Gasteiger partial charge in [0.15, 0.2) is 0 Å². The second-order valence-electron chi connectivity index (χ2n) is 8.97. The molecule has 0 saturated carbocycles. The van der Waals surface area contributed by atoms with E-state index in [4.69, 9.17) is 10.5 Å². The van der Waals surface area contributed by atoms with Gasteiger partial charge < -0.3 is 19.8 Å². The number of nitrogens with zero attached hydrogens (tertiary/aromatic N) is 4. The first kappa shape index (κ1) is 21.6. The van der Waals surface area contributed by atoms with Gasteiger partial charge in [-0.1, -0.05) is 18.2 Å². The van der Waals surface area contributed by atoms with Gasteiger partial charge in [-0.15, -0.1) is 0 Å². The van der Waals surface area contributed by atoms with Gasteiger partial charge in [0.1, 0.15) is 5.75 Å². The molecule has 7 heteroatoms. The summed E-state index contributed by atoms with van der Waals surface area (Å²) in [5, 5.41) is 0. The number of carbonyl (C=O) groups excluding carboxylic acids is 1. The summed E-state index contributed by atoms with van der Waals surface area (Å²) in [5.74, 6) is 1.10. The van der Waals surface area contributed by atoms with Crippen molar-refractivity contribution in [1.82, 2.24) is 9.30 Å². The number of amides is 2. The number of ether oxygens (including phenoxy) is 1. The number of pyridine rings is 1. The van der Waals surface area contributed by atoms with Crippen LogP contribution in [-0.4, -0.2) is 61.2 Å². The molecule has 7 nitrogen and oxygen atoms in total. The quantitative estimate of drug-likeness (QED) is 0.560. The van der Waals surface area contributed by atoms with Crippen molar-refractivity contribution in [2.75, 3.05) is 55.7 Å². The zero-order valence-corrected chi connectivity index (χ0v) is 19.2. The molecule has 3 aromatic rings. The number of aryl methyl sites for hydroxylation is 1. The third kappa shape index (κ3) is 4.78. The molecule has 2 amide bonds. The Morgan fingerprint density at radius 2 is 1.94 bits per heavy atom. The molecule has 2 aliphatic rings. The van der Waals surface area contributed by atoms with Crippen molar-refractivity contribution in [3.63, 3.8) is 0 Å². The highest BCUT2D eigenvalue weighted by Gasteiger charge is 2.22. The smallest absolute Gasteiger partial charge is 0.319 e. The molecular weight excluding hydrogens is 414 g/mol. The number of rotatable bonds is 7. The van der Waals surface area contributed by atoms with E-state index in [2.05, 4.69) is 28.0 Å². The lowest BCUT2D eigenvalue weighted by molar-refractivity contribution is 0.247. The first-order chi connectivity index (χ1) is 16.2. The molecule has 2 aliphatic heterocycles. The second kappa shape index (κ2) is 9.75. The van der Waals surface area contributed by atoms with Crippen LogP contribution in [0.1, 0.15) is 24.8 Å². The van der Waals surface area contributed by atoms with E-state index in [1.165, 1.54) is 11.3 Å². The van der Waals surface area contributed by atoms with E-state index in [0.29, 0.717) is 6.54 Å². The molecule has 0 radical (unpaired) electrons. The van der Waals surface area contributed by atoms with Crippen LogP contribution in [0.4, 0.5) is 16.2 Å². The van der Waals surface area contributed by atoms with Crippen LogP contribution >= 0.6 is 0 Å². The molecule has 1 fully saturated rings. The molecule has 0 spiro atoms. The lowest BCUT2D eigenvalue weighted by Gasteiger charge is -2.37. The van der Waals surface area contributed by atoms with E-state index in [1.807, 2.05) is 41.1 Å².